The van der Waals surface area contributed by atoms with Gasteiger partial charge >= 0.3 is 0 Å². The minimum atomic E-state index is -0.109. The van der Waals surface area contributed by atoms with Crippen LogP contribution in [0.4, 0.5) is 0 Å². The average molecular weight is 209 g/mol. The summed E-state index contributed by atoms with van der Waals surface area (Å²) in [6.07, 6.45) is 1.33. The molecule has 0 unspecified atom stereocenters. The van der Waals surface area contributed by atoms with Crippen LogP contribution in [0.2, 0.25) is 0 Å². The van der Waals surface area contributed by atoms with Crippen molar-refractivity contribution in [3.63, 3.8) is 0 Å². The maximum atomic E-state index is 9.75. The number of aromatic nitrogens is 1. The number of nitrogens with one attached hydrogen (secondary N) is 2. The summed E-state index contributed by atoms with van der Waals surface area (Å²) in [5.74, 6) is 0.122. The predicted molar refractivity (Wildman–Crippen MR) is 55.3 cm³/mol. The van der Waals surface area contributed by atoms with Gasteiger partial charge in [0.2, 0.25) is 0 Å². The van der Waals surface area contributed by atoms with Crippen molar-refractivity contribution in [2.45, 2.75) is 19.7 Å². The largest absolute Gasteiger partial charge is 0.506 e. The average Bonchev–Trinajstić information content (AvgIpc) is 2.74. The van der Waals surface area contributed by atoms with Crippen LogP contribution in [0.15, 0.2) is 6.20 Å². The van der Waals surface area contributed by atoms with E-state index in [1.54, 1.807) is 0 Å². The molecule has 15 heavy (non-hydrogen) atoms. The number of aliphatic hydroxyl groups excluding tert-OH is 1. The first-order valence-corrected chi connectivity index (χ1v) is 4.99. The second-order valence-corrected chi connectivity index (χ2v) is 3.62. The highest BCUT2D eigenvalue weighted by Crippen LogP contribution is 2.28. The van der Waals surface area contributed by atoms with Gasteiger partial charge in [0.25, 0.3) is 0 Å². The zero-order valence-electron chi connectivity index (χ0n) is 8.62. The van der Waals surface area contributed by atoms with Gasteiger partial charge in [-0.2, -0.15) is 0 Å². The first-order valence-electron chi connectivity index (χ1n) is 4.99. The minimum absolute atomic E-state index is 0.0890. The third-order valence-electron chi connectivity index (χ3n) is 2.69. The van der Waals surface area contributed by atoms with E-state index in [9.17, 15) is 10.2 Å². The number of hydrogen-bond donors (Lipinski definition) is 4. The summed E-state index contributed by atoms with van der Waals surface area (Å²) < 4.78 is 0. The van der Waals surface area contributed by atoms with Crippen molar-refractivity contribution >= 4 is 0 Å². The molecule has 0 aliphatic carbocycles. The van der Waals surface area contributed by atoms with Crippen molar-refractivity contribution in [1.29, 1.82) is 0 Å². The van der Waals surface area contributed by atoms with Crippen LogP contribution in [-0.4, -0.2) is 28.3 Å². The van der Waals surface area contributed by atoms with Gasteiger partial charge in [-0.3, -0.25) is 15.6 Å². The molecule has 0 spiro atoms. The first kappa shape index (κ1) is 10.4. The lowest BCUT2D eigenvalue weighted by atomic mass is 10.0. The van der Waals surface area contributed by atoms with Crippen molar-refractivity contribution in [1.82, 2.24) is 15.6 Å². The lowest BCUT2D eigenvalue weighted by molar-refractivity contribution is 0.276. The molecule has 1 aromatic rings. The zero-order chi connectivity index (χ0) is 10.8. The summed E-state index contributed by atoms with van der Waals surface area (Å²) in [6, 6.07) is 0. The summed E-state index contributed by atoms with van der Waals surface area (Å²) in [5, 5.41) is 25.4. The van der Waals surface area contributed by atoms with Crippen molar-refractivity contribution in [3.05, 3.63) is 23.0 Å². The molecular weight excluding hydrogens is 194 g/mol. The molecule has 1 saturated heterocycles. The van der Waals surface area contributed by atoms with E-state index in [1.165, 1.54) is 6.20 Å². The molecule has 1 aliphatic heterocycles. The standard InChI is InChI=1S/C10H15N3O2/c1-6-7(5-14)9(8(15)4-13-6)10-11-2-3-12-10/h4,10-12,14-15H,2-3,5H2,1H3. The Morgan fingerprint density at radius 1 is 1.47 bits per heavy atom. The number of nitrogens with zero attached hydrogens (tertiary/aromatic N) is 1. The summed E-state index contributed by atoms with van der Waals surface area (Å²) in [5.41, 5.74) is 2.16. The highest BCUT2D eigenvalue weighted by molar-refractivity contribution is 5.41. The molecular formula is C10H15N3O2. The van der Waals surface area contributed by atoms with E-state index in [4.69, 9.17) is 0 Å². The van der Waals surface area contributed by atoms with E-state index in [-0.39, 0.29) is 18.5 Å². The SMILES string of the molecule is Cc1ncc(O)c(C2NCCN2)c1CO. The van der Waals surface area contributed by atoms with E-state index in [2.05, 4.69) is 15.6 Å². The molecule has 2 rings (SSSR count). The molecule has 2 heterocycles. The fourth-order valence-electron chi connectivity index (χ4n) is 1.89. The monoisotopic (exact) mass is 209 g/mol. The lowest BCUT2D eigenvalue weighted by Crippen LogP contribution is -2.23. The highest BCUT2D eigenvalue weighted by atomic mass is 16.3. The second kappa shape index (κ2) is 4.14. The molecule has 0 radical (unpaired) electrons. The Balaban J connectivity index is 2.46. The Bertz CT molecular complexity index is 362. The third kappa shape index (κ3) is 1.81. The van der Waals surface area contributed by atoms with Gasteiger partial charge in [0, 0.05) is 29.9 Å². The quantitative estimate of drug-likeness (QED) is 0.541. The second-order valence-electron chi connectivity index (χ2n) is 3.62. The van der Waals surface area contributed by atoms with E-state index >= 15 is 0 Å². The van der Waals surface area contributed by atoms with Gasteiger partial charge in [-0.25, -0.2) is 0 Å². The van der Waals surface area contributed by atoms with Crippen molar-refractivity contribution < 1.29 is 10.2 Å². The molecule has 5 heteroatoms. The fraction of sp³-hybridized carbons (Fsp3) is 0.500. The Kier molecular flexibility index (Phi) is 2.86. The van der Waals surface area contributed by atoms with Gasteiger partial charge in [-0.05, 0) is 6.92 Å². The normalized spacial score (nSPS) is 17.2. The van der Waals surface area contributed by atoms with E-state index in [1.807, 2.05) is 6.92 Å². The lowest BCUT2D eigenvalue weighted by Gasteiger charge is -2.17. The third-order valence-corrected chi connectivity index (χ3v) is 2.69. The highest BCUT2D eigenvalue weighted by Gasteiger charge is 2.23. The molecule has 0 aromatic carbocycles. The van der Waals surface area contributed by atoms with Crippen LogP contribution in [0.25, 0.3) is 0 Å². The Labute approximate surface area is 88.2 Å². The Morgan fingerprint density at radius 3 is 2.73 bits per heavy atom. The summed E-state index contributed by atoms with van der Waals surface area (Å²) in [6.45, 7) is 3.43. The maximum Gasteiger partial charge on any atom is 0.140 e. The number of aromatic hydroxyl groups is 1. The number of aliphatic hydroxyl groups is 1. The fourth-order valence-corrected chi connectivity index (χ4v) is 1.89. The molecule has 4 N–H and O–H groups in total. The zero-order valence-corrected chi connectivity index (χ0v) is 8.62. The Morgan fingerprint density at radius 2 is 2.13 bits per heavy atom. The van der Waals surface area contributed by atoms with Gasteiger partial charge < -0.3 is 10.2 Å². The van der Waals surface area contributed by atoms with Gasteiger partial charge in [-0.1, -0.05) is 0 Å². The summed E-state index contributed by atoms with van der Waals surface area (Å²) in [4.78, 5) is 4.02. The molecule has 0 amide bonds. The smallest absolute Gasteiger partial charge is 0.140 e. The van der Waals surface area contributed by atoms with Gasteiger partial charge in [0.15, 0.2) is 0 Å². The molecule has 0 bridgehead atoms. The van der Waals surface area contributed by atoms with Gasteiger partial charge in [0.1, 0.15) is 5.75 Å². The van der Waals surface area contributed by atoms with Crippen LogP contribution in [-0.2, 0) is 6.61 Å². The van der Waals surface area contributed by atoms with Crippen molar-refractivity contribution in [3.8, 4) is 5.75 Å². The molecule has 1 aromatic heterocycles. The molecule has 82 valence electrons. The van der Waals surface area contributed by atoms with Crippen LogP contribution in [0, 0.1) is 6.92 Å². The van der Waals surface area contributed by atoms with E-state index in [0.29, 0.717) is 11.1 Å². The van der Waals surface area contributed by atoms with Crippen molar-refractivity contribution in [2.75, 3.05) is 13.1 Å². The number of aryl methyl sites for hydroxylation is 1. The molecule has 5 nitrogen and oxygen atoms in total. The van der Waals surface area contributed by atoms with Crippen LogP contribution in [0.3, 0.4) is 0 Å². The van der Waals surface area contributed by atoms with Crippen molar-refractivity contribution in [2.24, 2.45) is 0 Å². The van der Waals surface area contributed by atoms with E-state index in [0.717, 1.165) is 18.8 Å². The summed E-state index contributed by atoms with van der Waals surface area (Å²) in [7, 11) is 0. The topological polar surface area (TPSA) is 77.4 Å². The van der Waals surface area contributed by atoms with Crippen LogP contribution in [0.1, 0.15) is 23.0 Å². The first-order chi connectivity index (χ1) is 7.24. The van der Waals surface area contributed by atoms with Gasteiger partial charge in [0.05, 0.1) is 19.0 Å². The maximum absolute atomic E-state index is 9.75. The molecule has 0 saturated carbocycles. The number of rotatable bonds is 2. The van der Waals surface area contributed by atoms with Crippen LogP contribution >= 0.6 is 0 Å². The minimum Gasteiger partial charge on any atom is -0.506 e. The Hall–Kier alpha value is -1.17. The predicted octanol–water partition coefficient (Wildman–Crippen LogP) is -0.221. The molecule has 0 atom stereocenters. The molecule has 1 aliphatic rings. The van der Waals surface area contributed by atoms with E-state index < -0.39 is 0 Å². The number of pyridine rings is 1. The van der Waals surface area contributed by atoms with Crippen LogP contribution in [0.5, 0.6) is 5.75 Å². The molecule has 1 fully saturated rings. The summed E-state index contributed by atoms with van der Waals surface area (Å²) >= 11 is 0. The van der Waals surface area contributed by atoms with Gasteiger partial charge in [-0.15, -0.1) is 0 Å². The van der Waals surface area contributed by atoms with Crippen LogP contribution < -0.4 is 10.6 Å². The number of hydrogen-bond acceptors (Lipinski definition) is 5.